The summed E-state index contributed by atoms with van der Waals surface area (Å²) < 4.78 is 3.23. The first-order valence-electron chi connectivity index (χ1n) is 6.34. The van der Waals surface area contributed by atoms with Crippen molar-refractivity contribution in [1.29, 1.82) is 0 Å². The Morgan fingerprint density at radius 1 is 1.22 bits per heavy atom. The van der Waals surface area contributed by atoms with Crippen LogP contribution in [0.2, 0.25) is 0 Å². The Hall–Kier alpha value is -1.13. The summed E-state index contributed by atoms with van der Waals surface area (Å²) in [5, 5.41) is 7.90. The number of hydrogen-bond donors (Lipinski definition) is 1. The third-order valence-corrected chi connectivity index (χ3v) is 3.94. The highest BCUT2D eigenvalue weighted by Crippen LogP contribution is 2.25. The second-order valence-corrected chi connectivity index (χ2v) is 5.62. The number of rotatable bonds is 2. The molecule has 1 aromatic heterocycles. The number of halogens is 1. The zero-order valence-corrected chi connectivity index (χ0v) is 11.7. The molecule has 1 aliphatic heterocycles. The van der Waals surface area contributed by atoms with E-state index in [-0.39, 0.29) is 0 Å². The van der Waals surface area contributed by atoms with Crippen molar-refractivity contribution in [2.24, 2.45) is 0 Å². The van der Waals surface area contributed by atoms with E-state index in [4.69, 9.17) is 0 Å². The molecule has 0 spiro atoms. The maximum Gasteiger partial charge on any atom is 0.0568 e. The lowest BCUT2D eigenvalue weighted by atomic mass is 10.1. The van der Waals surface area contributed by atoms with Crippen molar-refractivity contribution < 1.29 is 0 Å². The third kappa shape index (κ3) is 2.49. The standard InChI is InChI=1S/C14H16BrN3/c15-13-3-1-2-11(8-13)12-9-17-18(10-12)14-4-6-16-7-5-14/h1-3,8-10,14,16H,4-7H2. The van der Waals surface area contributed by atoms with Gasteiger partial charge in [0.2, 0.25) is 0 Å². The molecule has 0 atom stereocenters. The van der Waals surface area contributed by atoms with Crippen molar-refractivity contribution in [3.05, 3.63) is 41.1 Å². The lowest BCUT2D eigenvalue weighted by Gasteiger charge is -2.22. The van der Waals surface area contributed by atoms with Gasteiger partial charge in [-0.1, -0.05) is 28.1 Å². The summed E-state index contributed by atoms with van der Waals surface area (Å²) in [6.45, 7) is 2.19. The number of nitrogens with one attached hydrogen (secondary N) is 1. The van der Waals surface area contributed by atoms with Crippen LogP contribution in [0.3, 0.4) is 0 Å². The average molecular weight is 306 g/mol. The number of nitrogens with zero attached hydrogens (tertiary/aromatic N) is 2. The molecule has 0 saturated carbocycles. The molecule has 0 bridgehead atoms. The van der Waals surface area contributed by atoms with E-state index in [1.54, 1.807) is 0 Å². The summed E-state index contributed by atoms with van der Waals surface area (Å²) in [5.74, 6) is 0. The molecule has 0 radical (unpaired) electrons. The average Bonchev–Trinajstić information content (AvgIpc) is 2.89. The normalized spacial score (nSPS) is 16.9. The summed E-state index contributed by atoms with van der Waals surface area (Å²) in [7, 11) is 0. The van der Waals surface area contributed by atoms with Crippen molar-refractivity contribution in [3.63, 3.8) is 0 Å². The smallest absolute Gasteiger partial charge is 0.0568 e. The van der Waals surface area contributed by atoms with Crippen LogP contribution in [0.5, 0.6) is 0 Å². The van der Waals surface area contributed by atoms with Crippen LogP contribution in [0.4, 0.5) is 0 Å². The highest BCUT2D eigenvalue weighted by molar-refractivity contribution is 9.10. The molecule has 2 heterocycles. The van der Waals surface area contributed by atoms with Gasteiger partial charge in [0, 0.05) is 16.2 Å². The Bertz CT molecular complexity index is 529. The van der Waals surface area contributed by atoms with Gasteiger partial charge in [-0.2, -0.15) is 5.10 Å². The fourth-order valence-electron chi connectivity index (χ4n) is 2.43. The van der Waals surface area contributed by atoms with E-state index in [0.29, 0.717) is 6.04 Å². The summed E-state index contributed by atoms with van der Waals surface area (Å²) >= 11 is 3.51. The van der Waals surface area contributed by atoms with Gasteiger partial charge >= 0.3 is 0 Å². The second kappa shape index (κ2) is 5.24. The van der Waals surface area contributed by atoms with E-state index in [1.165, 1.54) is 24.0 Å². The highest BCUT2D eigenvalue weighted by atomic mass is 79.9. The molecule has 18 heavy (non-hydrogen) atoms. The first-order chi connectivity index (χ1) is 8.83. The minimum Gasteiger partial charge on any atom is -0.317 e. The number of hydrogen-bond acceptors (Lipinski definition) is 2. The molecule has 1 aliphatic rings. The predicted octanol–water partition coefficient (Wildman–Crippen LogP) is 3.24. The van der Waals surface area contributed by atoms with Crippen LogP contribution >= 0.6 is 15.9 Å². The van der Waals surface area contributed by atoms with Gasteiger partial charge in [0.1, 0.15) is 0 Å². The Morgan fingerprint density at radius 3 is 2.83 bits per heavy atom. The molecule has 1 aromatic carbocycles. The van der Waals surface area contributed by atoms with Gasteiger partial charge in [0.05, 0.1) is 12.2 Å². The van der Waals surface area contributed by atoms with Crippen LogP contribution in [0.25, 0.3) is 11.1 Å². The van der Waals surface area contributed by atoms with Crippen molar-refractivity contribution in [2.45, 2.75) is 18.9 Å². The molecular formula is C14H16BrN3. The van der Waals surface area contributed by atoms with Crippen molar-refractivity contribution >= 4 is 15.9 Å². The minimum atomic E-state index is 0.548. The van der Waals surface area contributed by atoms with Crippen LogP contribution in [0.15, 0.2) is 41.1 Å². The molecule has 1 saturated heterocycles. The van der Waals surface area contributed by atoms with Gasteiger partial charge in [-0.05, 0) is 43.6 Å². The van der Waals surface area contributed by atoms with Gasteiger partial charge < -0.3 is 5.32 Å². The zero-order chi connectivity index (χ0) is 12.4. The van der Waals surface area contributed by atoms with E-state index in [2.05, 4.69) is 55.4 Å². The predicted molar refractivity (Wildman–Crippen MR) is 76.5 cm³/mol. The largest absolute Gasteiger partial charge is 0.317 e. The summed E-state index contributed by atoms with van der Waals surface area (Å²) in [6.07, 6.45) is 6.46. The van der Waals surface area contributed by atoms with Crippen molar-refractivity contribution in [2.75, 3.05) is 13.1 Å². The molecule has 2 aromatic rings. The molecule has 0 aliphatic carbocycles. The second-order valence-electron chi connectivity index (χ2n) is 4.70. The van der Waals surface area contributed by atoms with Crippen molar-refractivity contribution in [1.82, 2.24) is 15.1 Å². The van der Waals surface area contributed by atoms with Crippen molar-refractivity contribution in [3.8, 4) is 11.1 Å². The summed E-state index contributed by atoms with van der Waals surface area (Å²) in [5.41, 5.74) is 2.40. The van der Waals surface area contributed by atoms with E-state index in [0.717, 1.165) is 17.6 Å². The fraction of sp³-hybridized carbons (Fsp3) is 0.357. The van der Waals surface area contributed by atoms with Crippen LogP contribution in [-0.4, -0.2) is 22.9 Å². The Balaban J connectivity index is 1.84. The third-order valence-electron chi connectivity index (χ3n) is 3.44. The topological polar surface area (TPSA) is 29.9 Å². The Morgan fingerprint density at radius 2 is 2.06 bits per heavy atom. The lowest BCUT2D eigenvalue weighted by molar-refractivity contribution is 0.343. The minimum absolute atomic E-state index is 0.548. The molecule has 1 N–H and O–H groups in total. The van der Waals surface area contributed by atoms with Gasteiger partial charge in [0.25, 0.3) is 0 Å². The first kappa shape index (κ1) is 11.9. The molecule has 4 heteroatoms. The Labute approximate surface area is 115 Å². The van der Waals surface area contributed by atoms with E-state index >= 15 is 0 Å². The quantitative estimate of drug-likeness (QED) is 0.923. The molecule has 3 nitrogen and oxygen atoms in total. The van der Waals surface area contributed by atoms with Gasteiger partial charge in [-0.15, -0.1) is 0 Å². The number of benzene rings is 1. The monoisotopic (exact) mass is 305 g/mol. The summed E-state index contributed by atoms with van der Waals surface area (Å²) in [4.78, 5) is 0. The molecule has 3 rings (SSSR count). The highest BCUT2D eigenvalue weighted by Gasteiger charge is 2.15. The molecule has 0 amide bonds. The maximum atomic E-state index is 4.52. The Kier molecular flexibility index (Phi) is 3.48. The van der Waals surface area contributed by atoms with Gasteiger partial charge in [-0.3, -0.25) is 4.68 Å². The fourth-order valence-corrected chi connectivity index (χ4v) is 2.83. The molecule has 0 unspecified atom stereocenters. The zero-order valence-electron chi connectivity index (χ0n) is 10.1. The molecule has 94 valence electrons. The molecule has 1 fully saturated rings. The summed E-state index contributed by atoms with van der Waals surface area (Å²) in [6, 6.07) is 8.90. The maximum absolute atomic E-state index is 4.52. The number of aromatic nitrogens is 2. The lowest BCUT2D eigenvalue weighted by Crippen LogP contribution is -2.29. The van der Waals surface area contributed by atoms with E-state index in [1.807, 2.05) is 12.3 Å². The van der Waals surface area contributed by atoms with E-state index < -0.39 is 0 Å². The SMILES string of the molecule is Brc1cccc(-c2cnn(C3CCNCC3)c2)c1. The van der Waals surface area contributed by atoms with Crippen LogP contribution in [-0.2, 0) is 0 Å². The van der Waals surface area contributed by atoms with Crippen LogP contribution < -0.4 is 5.32 Å². The van der Waals surface area contributed by atoms with Crippen LogP contribution in [0.1, 0.15) is 18.9 Å². The molecular weight excluding hydrogens is 290 g/mol. The number of piperidine rings is 1. The van der Waals surface area contributed by atoms with E-state index in [9.17, 15) is 0 Å². The first-order valence-corrected chi connectivity index (χ1v) is 7.13. The van der Waals surface area contributed by atoms with Crippen LogP contribution in [0, 0.1) is 0 Å². The van der Waals surface area contributed by atoms with Gasteiger partial charge in [0.15, 0.2) is 0 Å². The van der Waals surface area contributed by atoms with Gasteiger partial charge in [-0.25, -0.2) is 0 Å².